The molecular formula is C15H20FNS. The van der Waals surface area contributed by atoms with Gasteiger partial charge in [0.15, 0.2) is 0 Å². The molecule has 1 nitrogen and oxygen atoms in total. The van der Waals surface area contributed by atoms with Crippen molar-refractivity contribution in [2.45, 2.75) is 43.0 Å². The number of nitrogens with two attached hydrogens (primary N) is 1. The fraction of sp³-hybridized carbons (Fsp3) is 0.467. The molecule has 1 unspecified atom stereocenters. The van der Waals surface area contributed by atoms with Gasteiger partial charge in [-0.15, -0.1) is 11.8 Å². The van der Waals surface area contributed by atoms with Crippen LogP contribution in [0.25, 0.3) is 0 Å². The Bertz CT molecular complexity index is 417. The largest absolute Gasteiger partial charge is 0.324 e. The lowest BCUT2D eigenvalue weighted by Crippen LogP contribution is -2.25. The van der Waals surface area contributed by atoms with E-state index in [0.29, 0.717) is 0 Å². The van der Waals surface area contributed by atoms with Crippen LogP contribution in [-0.2, 0) is 0 Å². The summed E-state index contributed by atoms with van der Waals surface area (Å²) in [7, 11) is 0. The van der Waals surface area contributed by atoms with Crippen LogP contribution in [0.4, 0.5) is 4.39 Å². The quantitative estimate of drug-likeness (QED) is 0.654. The number of hydrogen-bond donors (Lipinski definition) is 1. The van der Waals surface area contributed by atoms with E-state index in [1.54, 1.807) is 23.9 Å². The molecule has 1 aromatic rings. The fourth-order valence-electron chi connectivity index (χ4n) is 2.23. The van der Waals surface area contributed by atoms with Crippen LogP contribution in [0.1, 0.15) is 32.1 Å². The molecule has 0 saturated carbocycles. The molecule has 0 aromatic heterocycles. The van der Waals surface area contributed by atoms with Gasteiger partial charge >= 0.3 is 0 Å². The van der Waals surface area contributed by atoms with Crippen LogP contribution in [0.2, 0.25) is 0 Å². The van der Waals surface area contributed by atoms with E-state index < -0.39 is 0 Å². The van der Waals surface area contributed by atoms with Crippen molar-refractivity contribution >= 4 is 11.8 Å². The van der Waals surface area contributed by atoms with Gasteiger partial charge in [0.05, 0.1) is 0 Å². The Morgan fingerprint density at radius 1 is 1.28 bits per heavy atom. The van der Waals surface area contributed by atoms with E-state index in [1.807, 2.05) is 6.07 Å². The molecule has 1 atom stereocenters. The Morgan fingerprint density at radius 3 is 3.00 bits per heavy atom. The van der Waals surface area contributed by atoms with E-state index in [0.717, 1.165) is 23.5 Å². The van der Waals surface area contributed by atoms with E-state index in [1.165, 1.54) is 30.9 Å². The van der Waals surface area contributed by atoms with Gasteiger partial charge in [0.25, 0.3) is 0 Å². The van der Waals surface area contributed by atoms with Crippen molar-refractivity contribution < 1.29 is 4.39 Å². The zero-order valence-electron chi connectivity index (χ0n) is 10.6. The molecule has 0 aliphatic heterocycles. The minimum absolute atomic E-state index is 0.108. The summed E-state index contributed by atoms with van der Waals surface area (Å²) in [6.45, 7) is 0. The number of allylic oxidation sites excluding steroid dienone is 1. The van der Waals surface area contributed by atoms with Gasteiger partial charge in [-0.1, -0.05) is 24.1 Å². The van der Waals surface area contributed by atoms with Crippen LogP contribution in [0.5, 0.6) is 0 Å². The molecule has 1 aromatic carbocycles. The number of thioether (sulfide) groups is 1. The molecule has 98 valence electrons. The first-order valence-electron chi connectivity index (χ1n) is 6.58. The molecule has 0 amide bonds. The summed E-state index contributed by atoms with van der Waals surface area (Å²) in [6, 6.07) is 6.82. The lowest BCUT2D eigenvalue weighted by atomic mass is 10.0. The molecule has 18 heavy (non-hydrogen) atoms. The van der Waals surface area contributed by atoms with Crippen LogP contribution in [0.15, 0.2) is 40.8 Å². The first-order valence-corrected chi connectivity index (χ1v) is 7.57. The summed E-state index contributed by atoms with van der Waals surface area (Å²) in [5.41, 5.74) is 7.61. The van der Waals surface area contributed by atoms with Gasteiger partial charge in [-0.3, -0.25) is 0 Å². The average Bonchev–Trinajstić information content (AvgIpc) is 2.65. The number of rotatable bonds is 4. The second kappa shape index (κ2) is 6.95. The SMILES string of the molecule is NC(CSc1cccc(F)c1)C1=CCCCCC1. The normalized spacial score (nSPS) is 18.0. The van der Waals surface area contributed by atoms with Crippen molar-refractivity contribution in [2.24, 2.45) is 5.73 Å². The van der Waals surface area contributed by atoms with Crippen molar-refractivity contribution in [3.8, 4) is 0 Å². The number of halogens is 1. The molecule has 0 spiro atoms. The highest BCUT2D eigenvalue weighted by Crippen LogP contribution is 2.24. The monoisotopic (exact) mass is 265 g/mol. The molecule has 1 aliphatic carbocycles. The standard InChI is InChI=1S/C15H20FNS/c16-13-8-5-9-14(10-13)18-11-15(17)12-6-3-1-2-4-7-12/h5-6,8-10,15H,1-4,7,11,17H2. The molecule has 0 saturated heterocycles. The van der Waals surface area contributed by atoms with Crippen molar-refractivity contribution in [2.75, 3.05) is 5.75 Å². The van der Waals surface area contributed by atoms with E-state index in [-0.39, 0.29) is 11.9 Å². The molecule has 0 fully saturated rings. The van der Waals surface area contributed by atoms with E-state index >= 15 is 0 Å². The molecule has 3 heteroatoms. The van der Waals surface area contributed by atoms with Gasteiger partial charge in [-0.05, 0) is 43.9 Å². The van der Waals surface area contributed by atoms with Crippen LogP contribution in [0.3, 0.4) is 0 Å². The molecule has 0 bridgehead atoms. The van der Waals surface area contributed by atoms with E-state index in [9.17, 15) is 4.39 Å². The zero-order valence-corrected chi connectivity index (χ0v) is 11.4. The Kier molecular flexibility index (Phi) is 5.26. The van der Waals surface area contributed by atoms with Gasteiger partial charge in [0, 0.05) is 16.7 Å². The number of benzene rings is 1. The van der Waals surface area contributed by atoms with Crippen molar-refractivity contribution in [1.82, 2.24) is 0 Å². The van der Waals surface area contributed by atoms with E-state index in [2.05, 4.69) is 6.08 Å². The fourth-order valence-corrected chi connectivity index (χ4v) is 3.18. The maximum absolute atomic E-state index is 13.0. The van der Waals surface area contributed by atoms with Crippen molar-refractivity contribution in [3.63, 3.8) is 0 Å². The first-order chi connectivity index (χ1) is 8.75. The second-order valence-corrected chi connectivity index (χ2v) is 5.85. The number of hydrogen-bond acceptors (Lipinski definition) is 2. The zero-order chi connectivity index (χ0) is 12.8. The highest BCUT2D eigenvalue weighted by Gasteiger charge is 2.11. The van der Waals surface area contributed by atoms with Crippen LogP contribution in [0, 0.1) is 5.82 Å². The van der Waals surface area contributed by atoms with Crippen LogP contribution >= 0.6 is 11.8 Å². The average molecular weight is 265 g/mol. The van der Waals surface area contributed by atoms with Gasteiger partial charge in [0.1, 0.15) is 5.82 Å². The third-order valence-corrected chi connectivity index (χ3v) is 4.39. The molecule has 0 radical (unpaired) electrons. The third-order valence-electron chi connectivity index (χ3n) is 3.28. The molecule has 2 N–H and O–H groups in total. The van der Waals surface area contributed by atoms with Gasteiger partial charge in [0.2, 0.25) is 0 Å². The minimum atomic E-state index is -0.178. The molecule has 2 rings (SSSR count). The smallest absolute Gasteiger partial charge is 0.124 e. The van der Waals surface area contributed by atoms with E-state index in [4.69, 9.17) is 5.73 Å². The molecule has 1 aliphatic rings. The Morgan fingerprint density at radius 2 is 2.17 bits per heavy atom. The Hall–Kier alpha value is -0.800. The van der Waals surface area contributed by atoms with Crippen LogP contribution < -0.4 is 5.73 Å². The second-order valence-electron chi connectivity index (χ2n) is 4.75. The Labute approximate surface area is 113 Å². The summed E-state index contributed by atoms with van der Waals surface area (Å²) < 4.78 is 13.0. The minimum Gasteiger partial charge on any atom is -0.324 e. The highest BCUT2D eigenvalue weighted by molar-refractivity contribution is 7.99. The maximum atomic E-state index is 13.0. The van der Waals surface area contributed by atoms with Crippen molar-refractivity contribution in [1.29, 1.82) is 0 Å². The Balaban J connectivity index is 1.87. The predicted molar refractivity (Wildman–Crippen MR) is 76.3 cm³/mol. The summed E-state index contributed by atoms with van der Waals surface area (Å²) >= 11 is 1.64. The third kappa shape index (κ3) is 4.14. The molecule has 0 heterocycles. The molecular weight excluding hydrogens is 245 g/mol. The summed E-state index contributed by atoms with van der Waals surface area (Å²) in [6.07, 6.45) is 8.45. The summed E-state index contributed by atoms with van der Waals surface area (Å²) in [4.78, 5) is 0.958. The summed E-state index contributed by atoms with van der Waals surface area (Å²) in [5, 5.41) is 0. The maximum Gasteiger partial charge on any atom is 0.124 e. The highest BCUT2D eigenvalue weighted by atomic mass is 32.2. The van der Waals surface area contributed by atoms with Crippen molar-refractivity contribution in [3.05, 3.63) is 41.7 Å². The summed E-state index contributed by atoms with van der Waals surface area (Å²) in [5.74, 6) is 0.650. The topological polar surface area (TPSA) is 26.0 Å². The predicted octanol–water partition coefficient (Wildman–Crippen LogP) is 4.14. The van der Waals surface area contributed by atoms with Crippen LogP contribution in [-0.4, -0.2) is 11.8 Å². The van der Waals surface area contributed by atoms with Gasteiger partial charge in [-0.2, -0.15) is 0 Å². The first kappa shape index (κ1) is 13.6. The lowest BCUT2D eigenvalue weighted by Gasteiger charge is -2.14. The lowest BCUT2D eigenvalue weighted by molar-refractivity contribution is 0.624. The van der Waals surface area contributed by atoms with Gasteiger partial charge < -0.3 is 5.73 Å². The van der Waals surface area contributed by atoms with Gasteiger partial charge in [-0.25, -0.2) is 4.39 Å².